The van der Waals surface area contributed by atoms with Gasteiger partial charge in [0.1, 0.15) is 17.4 Å². The van der Waals surface area contributed by atoms with Crippen LogP contribution < -0.4 is 10.1 Å². The number of anilines is 1. The number of aryl methyl sites for hydroxylation is 3. The summed E-state index contributed by atoms with van der Waals surface area (Å²) in [5.41, 5.74) is 5.71. The number of thiophene rings is 1. The van der Waals surface area contributed by atoms with E-state index in [1.54, 1.807) is 17.6 Å². The van der Waals surface area contributed by atoms with E-state index >= 15 is 0 Å². The number of nitrogens with zero attached hydrogens (tertiary/aromatic N) is 1. The van der Waals surface area contributed by atoms with Crippen LogP contribution in [0.5, 0.6) is 5.75 Å². The summed E-state index contributed by atoms with van der Waals surface area (Å²) in [7, 11) is 0. The molecule has 1 aliphatic rings. The average Bonchev–Trinajstić information content (AvgIpc) is 3.15. The SMILES string of the molecule is C#CCOc1ccccc1C=Nc1sc2c(c1C(=O)Nc1cc(C)ccc1C)CCCCCC2. The summed E-state index contributed by atoms with van der Waals surface area (Å²) in [6.45, 7) is 4.24. The maximum Gasteiger partial charge on any atom is 0.259 e. The van der Waals surface area contributed by atoms with Crippen molar-refractivity contribution < 1.29 is 9.53 Å². The van der Waals surface area contributed by atoms with Gasteiger partial charge >= 0.3 is 0 Å². The monoisotopic (exact) mass is 470 g/mol. The van der Waals surface area contributed by atoms with Gasteiger partial charge in [-0.05, 0) is 74.4 Å². The van der Waals surface area contributed by atoms with Crippen molar-refractivity contribution in [3.05, 3.63) is 75.2 Å². The molecule has 0 bridgehead atoms. The number of nitrogens with one attached hydrogen (secondary N) is 1. The third-order valence-corrected chi connectivity index (χ3v) is 7.27. The molecule has 0 atom stereocenters. The van der Waals surface area contributed by atoms with E-state index in [9.17, 15) is 4.79 Å². The zero-order valence-corrected chi connectivity index (χ0v) is 20.6. The van der Waals surface area contributed by atoms with Gasteiger partial charge in [-0.2, -0.15) is 0 Å². The van der Waals surface area contributed by atoms with Crippen molar-refractivity contribution in [2.45, 2.75) is 52.4 Å². The number of amides is 1. The van der Waals surface area contributed by atoms with Gasteiger partial charge in [0.2, 0.25) is 0 Å². The Bertz CT molecular complexity index is 1250. The quantitative estimate of drug-likeness (QED) is 0.310. The lowest BCUT2D eigenvalue weighted by molar-refractivity contribution is 0.102. The molecule has 0 saturated heterocycles. The van der Waals surface area contributed by atoms with Crippen molar-refractivity contribution in [2.24, 2.45) is 4.99 Å². The summed E-state index contributed by atoms with van der Waals surface area (Å²) in [5.74, 6) is 3.09. The van der Waals surface area contributed by atoms with E-state index in [1.807, 2.05) is 50.2 Å². The summed E-state index contributed by atoms with van der Waals surface area (Å²) in [6.07, 6.45) is 13.7. The second-order valence-electron chi connectivity index (χ2n) is 8.66. The van der Waals surface area contributed by atoms with Crippen LogP contribution in [-0.2, 0) is 12.8 Å². The Morgan fingerprint density at radius 1 is 1.15 bits per heavy atom. The van der Waals surface area contributed by atoms with Gasteiger partial charge in [-0.25, -0.2) is 4.99 Å². The average molecular weight is 471 g/mol. The Hall–Kier alpha value is -3.36. The molecule has 0 aliphatic heterocycles. The number of para-hydroxylation sites is 1. The molecule has 0 spiro atoms. The summed E-state index contributed by atoms with van der Waals surface area (Å²) in [6, 6.07) is 13.8. The number of carbonyl (C=O) groups is 1. The lowest BCUT2D eigenvalue weighted by Crippen LogP contribution is -2.15. The molecule has 1 N–H and O–H groups in total. The van der Waals surface area contributed by atoms with Gasteiger partial charge in [0.25, 0.3) is 5.91 Å². The van der Waals surface area contributed by atoms with Crippen molar-refractivity contribution in [3.63, 3.8) is 0 Å². The highest BCUT2D eigenvalue weighted by Crippen LogP contribution is 2.39. The van der Waals surface area contributed by atoms with Crippen molar-refractivity contribution >= 4 is 34.1 Å². The fourth-order valence-electron chi connectivity index (χ4n) is 4.25. The van der Waals surface area contributed by atoms with Gasteiger partial charge in [-0.3, -0.25) is 4.79 Å². The predicted octanol–water partition coefficient (Wildman–Crippen LogP) is 7.04. The molecule has 174 valence electrons. The number of terminal acetylenes is 1. The summed E-state index contributed by atoms with van der Waals surface area (Å²) < 4.78 is 5.67. The molecule has 3 aromatic rings. The highest BCUT2D eigenvalue weighted by atomic mass is 32.1. The number of hydrogen-bond acceptors (Lipinski definition) is 4. The molecule has 0 fully saturated rings. The zero-order chi connectivity index (χ0) is 23.9. The fraction of sp³-hybridized carbons (Fsp3) is 0.310. The summed E-state index contributed by atoms with van der Waals surface area (Å²) in [4.78, 5) is 19.7. The first-order valence-electron chi connectivity index (χ1n) is 11.8. The first-order valence-corrected chi connectivity index (χ1v) is 12.6. The lowest BCUT2D eigenvalue weighted by Gasteiger charge is -2.13. The number of rotatable bonds is 6. The Morgan fingerprint density at radius 2 is 1.94 bits per heavy atom. The molecule has 1 aromatic heterocycles. The Labute approximate surface area is 206 Å². The van der Waals surface area contributed by atoms with E-state index in [1.165, 1.54) is 17.7 Å². The molecule has 0 radical (unpaired) electrons. The molecule has 4 rings (SSSR count). The highest BCUT2D eigenvalue weighted by molar-refractivity contribution is 7.16. The molecular formula is C29H30N2O2S. The van der Waals surface area contributed by atoms with Crippen molar-refractivity contribution in [3.8, 4) is 18.1 Å². The van der Waals surface area contributed by atoms with Crippen LogP contribution >= 0.6 is 11.3 Å². The number of hydrogen-bond donors (Lipinski definition) is 1. The molecule has 1 aliphatic carbocycles. The van der Waals surface area contributed by atoms with Crippen molar-refractivity contribution in [1.29, 1.82) is 0 Å². The van der Waals surface area contributed by atoms with Crippen LogP contribution in [0.25, 0.3) is 0 Å². The first kappa shape index (κ1) is 23.8. The topological polar surface area (TPSA) is 50.7 Å². The first-order chi connectivity index (χ1) is 16.6. The van der Waals surface area contributed by atoms with Crippen molar-refractivity contribution in [2.75, 3.05) is 11.9 Å². The maximum absolute atomic E-state index is 13.6. The summed E-state index contributed by atoms with van der Waals surface area (Å²) >= 11 is 1.64. The number of carbonyl (C=O) groups excluding carboxylic acids is 1. The van der Waals surface area contributed by atoms with E-state index < -0.39 is 0 Å². The van der Waals surface area contributed by atoms with Gasteiger partial charge in [0, 0.05) is 22.3 Å². The van der Waals surface area contributed by atoms with Crippen LogP contribution in [0, 0.1) is 26.2 Å². The number of fused-ring (bicyclic) bond motifs is 1. The lowest BCUT2D eigenvalue weighted by atomic mass is 9.96. The highest BCUT2D eigenvalue weighted by Gasteiger charge is 2.24. The molecule has 4 nitrogen and oxygen atoms in total. The molecular weight excluding hydrogens is 440 g/mol. The minimum atomic E-state index is -0.0872. The molecule has 2 aromatic carbocycles. The number of benzene rings is 2. The van der Waals surface area contributed by atoms with Crippen LogP contribution in [0.15, 0.2) is 47.5 Å². The molecule has 0 unspecified atom stereocenters. The van der Waals surface area contributed by atoms with Gasteiger partial charge < -0.3 is 10.1 Å². The van der Waals surface area contributed by atoms with E-state index in [0.717, 1.165) is 58.6 Å². The largest absolute Gasteiger partial charge is 0.480 e. The minimum absolute atomic E-state index is 0.0872. The van der Waals surface area contributed by atoms with Gasteiger partial charge in [-0.15, -0.1) is 17.8 Å². The van der Waals surface area contributed by atoms with E-state index in [2.05, 4.69) is 17.3 Å². The number of ether oxygens (including phenoxy) is 1. The van der Waals surface area contributed by atoms with E-state index in [0.29, 0.717) is 11.3 Å². The number of aliphatic imine (C=N–C) groups is 1. The maximum atomic E-state index is 13.6. The molecule has 1 amide bonds. The standard InChI is InChI=1S/C29H30N2O2S/c1-4-17-33-25-13-10-9-11-22(25)19-30-29-27(23-12-7-5-6-8-14-26(23)34-29)28(32)31-24-18-20(2)15-16-21(24)3/h1,9-11,13,15-16,18-19H,5-8,12,14,17H2,2-3H3,(H,31,32). The van der Waals surface area contributed by atoms with E-state index in [-0.39, 0.29) is 12.5 Å². The zero-order valence-electron chi connectivity index (χ0n) is 19.8. The summed E-state index contributed by atoms with van der Waals surface area (Å²) in [5, 5.41) is 3.92. The van der Waals surface area contributed by atoms with Crippen LogP contribution in [0.3, 0.4) is 0 Å². The van der Waals surface area contributed by atoms with Crippen LogP contribution in [-0.4, -0.2) is 18.7 Å². The smallest absolute Gasteiger partial charge is 0.259 e. The van der Waals surface area contributed by atoms with Crippen LogP contribution in [0.1, 0.15) is 63.2 Å². The third kappa shape index (κ3) is 5.58. The molecule has 0 saturated carbocycles. The Morgan fingerprint density at radius 3 is 2.76 bits per heavy atom. The van der Waals surface area contributed by atoms with Crippen molar-refractivity contribution in [1.82, 2.24) is 0 Å². The second-order valence-corrected chi connectivity index (χ2v) is 9.74. The Balaban J connectivity index is 1.72. The molecule has 1 heterocycles. The third-order valence-electron chi connectivity index (χ3n) is 6.07. The van der Waals surface area contributed by atoms with E-state index in [4.69, 9.17) is 16.2 Å². The fourth-order valence-corrected chi connectivity index (χ4v) is 5.48. The Kier molecular flexibility index (Phi) is 7.82. The minimum Gasteiger partial charge on any atom is -0.480 e. The molecule has 34 heavy (non-hydrogen) atoms. The van der Waals surface area contributed by atoms with Gasteiger partial charge in [0.05, 0.1) is 5.56 Å². The van der Waals surface area contributed by atoms with Crippen LogP contribution in [0.4, 0.5) is 10.7 Å². The normalized spacial score (nSPS) is 13.6. The predicted molar refractivity (Wildman–Crippen MR) is 142 cm³/mol. The van der Waals surface area contributed by atoms with Gasteiger partial charge in [0.15, 0.2) is 0 Å². The van der Waals surface area contributed by atoms with Crippen LogP contribution in [0.2, 0.25) is 0 Å². The van der Waals surface area contributed by atoms with Gasteiger partial charge in [-0.1, -0.05) is 43.0 Å². The second kappa shape index (κ2) is 11.2. The molecule has 5 heteroatoms.